The van der Waals surface area contributed by atoms with E-state index in [4.69, 9.17) is 4.74 Å². The van der Waals surface area contributed by atoms with E-state index >= 15 is 0 Å². The lowest BCUT2D eigenvalue weighted by atomic mass is 9.78. The quantitative estimate of drug-likeness (QED) is 0.912. The second-order valence-corrected chi connectivity index (χ2v) is 8.19. The Hall–Kier alpha value is -1.82. The summed E-state index contributed by atoms with van der Waals surface area (Å²) in [6.45, 7) is 0. The van der Waals surface area contributed by atoms with Crippen LogP contribution in [-0.2, 0) is 20.0 Å². The molecule has 124 valence electrons. The van der Waals surface area contributed by atoms with Crippen LogP contribution in [0.1, 0.15) is 31.2 Å². The normalized spacial score (nSPS) is 24.5. The van der Waals surface area contributed by atoms with Crippen molar-refractivity contribution in [3.63, 3.8) is 0 Å². The van der Waals surface area contributed by atoms with Crippen LogP contribution < -0.4 is 10.1 Å². The zero-order chi connectivity index (χ0) is 16.5. The average molecular weight is 335 g/mol. The van der Waals surface area contributed by atoms with Gasteiger partial charge in [0, 0.05) is 5.41 Å². The molecule has 1 heterocycles. The fourth-order valence-electron chi connectivity index (χ4n) is 3.51. The number of carbonyl (C=O) groups is 1. The molecule has 3 rings (SSSR count). The first-order chi connectivity index (χ1) is 11.0. The third-order valence-electron chi connectivity index (χ3n) is 4.78. The zero-order valence-electron chi connectivity index (χ0n) is 13.1. The maximum absolute atomic E-state index is 12.9. The Kier molecular flexibility index (Phi) is 4.19. The van der Waals surface area contributed by atoms with E-state index in [1.54, 1.807) is 13.2 Å². The molecule has 1 fully saturated rings. The SMILES string of the molecule is COc1ccc(C2(C(=O)NC3C=CS(=O)(=O)C3)CCCC2)cc1. The molecule has 1 amide bonds. The van der Waals surface area contributed by atoms with E-state index in [9.17, 15) is 13.2 Å². The summed E-state index contributed by atoms with van der Waals surface area (Å²) in [7, 11) is -1.56. The molecular formula is C17H21NO4S. The van der Waals surface area contributed by atoms with E-state index in [2.05, 4.69) is 5.32 Å². The molecule has 1 aliphatic heterocycles. The molecule has 0 saturated heterocycles. The molecule has 0 spiro atoms. The molecule has 0 radical (unpaired) electrons. The minimum atomic E-state index is -3.17. The molecule has 1 N–H and O–H groups in total. The van der Waals surface area contributed by atoms with Crippen LogP contribution in [0.3, 0.4) is 0 Å². The molecule has 1 aromatic rings. The molecule has 1 saturated carbocycles. The zero-order valence-corrected chi connectivity index (χ0v) is 13.9. The Labute approximate surface area is 136 Å². The number of methoxy groups -OCH3 is 1. The van der Waals surface area contributed by atoms with Crippen molar-refractivity contribution in [1.29, 1.82) is 0 Å². The van der Waals surface area contributed by atoms with Crippen LogP contribution >= 0.6 is 0 Å². The van der Waals surface area contributed by atoms with Gasteiger partial charge < -0.3 is 10.1 Å². The molecule has 23 heavy (non-hydrogen) atoms. The van der Waals surface area contributed by atoms with Crippen LogP contribution in [0, 0.1) is 0 Å². The summed E-state index contributed by atoms with van der Waals surface area (Å²) in [6, 6.07) is 7.17. The van der Waals surface area contributed by atoms with Crippen LogP contribution in [0.15, 0.2) is 35.7 Å². The summed E-state index contributed by atoms with van der Waals surface area (Å²) in [4.78, 5) is 12.9. The first kappa shape index (κ1) is 16.1. The highest BCUT2D eigenvalue weighted by Gasteiger charge is 2.43. The second-order valence-electron chi connectivity index (χ2n) is 6.26. The third kappa shape index (κ3) is 3.13. The van der Waals surface area contributed by atoms with Crippen LogP contribution in [0.25, 0.3) is 0 Å². The molecular weight excluding hydrogens is 314 g/mol. The smallest absolute Gasteiger partial charge is 0.231 e. The summed E-state index contributed by atoms with van der Waals surface area (Å²) < 4.78 is 28.2. The van der Waals surface area contributed by atoms with Gasteiger partial charge in [0.25, 0.3) is 0 Å². The van der Waals surface area contributed by atoms with Gasteiger partial charge in [-0.1, -0.05) is 25.0 Å². The number of rotatable bonds is 4. The molecule has 1 unspecified atom stereocenters. The lowest BCUT2D eigenvalue weighted by molar-refractivity contribution is -0.127. The van der Waals surface area contributed by atoms with Crippen molar-refractivity contribution >= 4 is 15.7 Å². The van der Waals surface area contributed by atoms with Crippen LogP contribution in [0.2, 0.25) is 0 Å². The predicted octanol–water partition coefficient (Wildman–Crippen LogP) is 1.93. The standard InChI is InChI=1S/C17H21NO4S/c1-22-15-6-4-13(5-7-15)17(9-2-3-10-17)16(19)18-14-8-11-23(20,21)12-14/h4-8,11,14H,2-3,9-10,12H2,1H3,(H,18,19). The van der Waals surface area contributed by atoms with Gasteiger partial charge in [-0.2, -0.15) is 0 Å². The van der Waals surface area contributed by atoms with Crippen molar-refractivity contribution in [2.45, 2.75) is 37.1 Å². The molecule has 5 nitrogen and oxygen atoms in total. The van der Waals surface area contributed by atoms with E-state index in [-0.39, 0.29) is 11.7 Å². The van der Waals surface area contributed by atoms with Gasteiger partial charge in [0.15, 0.2) is 9.84 Å². The number of hydrogen-bond acceptors (Lipinski definition) is 4. The van der Waals surface area contributed by atoms with Gasteiger partial charge in [-0.3, -0.25) is 4.79 Å². The molecule has 0 aromatic heterocycles. The molecule has 6 heteroatoms. The van der Waals surface area contributed by atoms with E-state index in [0.717, 1.165) is 37.0 Å². The third-order valence-corrected chi connectivity index (χ3v) is 6.18. The lowest BCUT2D eigenvalue weighted by Gasteiger charge is -2.29. The van der Waals surface area contributed by atoms with Gasteiger partial charge in [-0.25, -0.2) is 8.42 Å². The van der Waals surface area contributed by atoms with E-state index in [1.807, 2.05) is 24.3 Å². The van der Waals surface area contributed by atoms with Crippen LogP contribution in [0.5, 0.6) is 5.75 Å². The monoisotopic (exact) mass is 335 g/mol. The van der Waals surface area contributed by atoms with E-state index in [1.165, 1.54) is 5.41 Å². The second kappa shape index (κ2) is 6.00. The molecule has 1 aliphatic carbocycles. The summed E-state index contributed by atoms with van der Waals surface area (Å²) in [5.74, 6) is 0.635. The topological polar surface area (TPSA) is 72.5 Å². The fraction of sp³-hybridized carbons (Fsp3) is 0.471. The maximum Gasteiger partial charge on any atom is 0.231 e. The van der Waals surface area contributed by atoms with E-state index in [0.29, 0.717) is 0 Å². The average Bonchev–Trinajstić information content (AvgIpc) is 3.15. The van der Waals surface area contributed by atoms with Crippen molar-refractivity contribution in [2.75, 3.05) is 12.9 Å². The summed E-state index contributed by atoms with van der Waals surface area (Å²) >= 11 is 0. The number of amides is 1. The summed E-state index contributed by atoms with van der Waals surface area (Å²) in [6.07, 6.45) is 5.13. The van der Waals surface area contributed by atoms with Crippen molar-refractivity contribution in [1.82, 2.24) is 5.32 Å². The first-order valence-corrected chi connectivity index (χ1v) is 9.53. The van der Waals surface area contributed by atoms with Crippen LogP contribution in [0.4, 0.5) is 0 Å². The highest BCUT2D eigenvalue weighted by Crippen LogP contribution is 2.42. The van der Waals surface area contributed by atoms with Crippen LogP contribution in [-0.4, -0.2) is 33.2 Å². The van der Waals surface area contributed by atoms with Gasteiger partial charge in [0.1, 0.15) is 5.75 Å². The summed E-state index contributed by atoms with van der Waals surface area (Å²) in [5.41, 5.74) is 0.407. The van der Waals surface area contributed by atoms with Crippen molar-refractivity contribution in [3.05, 3.63) is 41.3 Å². The van der Waals surface area contributed by atoms with Gasteiger partial charge in [-0.05, 0) is 36.6 Å². The number of carbonyl (C=O) groups excluding carboxylic acids is 1. The maximum atomic E-state index is 12.9. The number of nitrogens with one attached hydrogen (secondary N) is 1. The Balaban J connectivity index is 1.82. The van der Waals surface area contributed by atoms with Gasteiger partial charge in [0.05, 0.1) is 24.3 Å². The number of sulfone groups is 1. The Morgan fingerprint density at radius 1 is 1.22 bits per heavy atom. The van der Waals surface area contributed by atoms with Crippen molar-refractivity contribution in [3.8, 4) is 5.75 Å². The molecule has 1 atom stereocenters. The van der Waals surface area contributed by atoms with Crippen molar-refractivity contribution in [2.24, 2.45) is 0 Å². The van der Waals surface area contributed by atoms with Gasteiger partial charge in [-0.15, -0.1) is 0 Å². The van der Waals surface area contributed by atoms with Crippen molar-refractivity contribution < 1.29 is 17.9 Å². The highest BCUT2D eigenvalue weighted by molar-refractivity contribution is 7.94. The molecule has 1 aromatic carbocycles. The van der Waals surface area contributed by atoms with Gasteiger partial charge >= 0.3 is 0 Å². The number of benzene rings is 1. The molecule has 2 aliphatic rings. The lowest BCUT2D eigenvalue weighted by Crippen LogP contribution is -2.47. The Bertz CT molecular complexity index is 715. The Morgan fingerprint density at radius 3 is 2.39 bits per heavy atom. The largest absolute Gasteiger partial charge is 0.497 e. The first-order valence-electron chi connectivity index (χ1n) is 7.82. The van der Waals surface area contributed by atoms with E-state index < -0.39 is 21.3 Å². The molecule has 0 bridgehead atoms. The minimum absolute atomic E-state index is 0.0442. The van der Waals surface area contributed by atoms with Gasteiger partial charge in [0.2, 0.25) is 5.91 Å². The highest BCUT2D eigenvalue weighted by atomic mass is 32.2. The fourth-order valence-corrected chi connectivity index (χ4v) is 4.74. The minimum Gasteiger partial charge on any atom is -0.497 e. The predicted molar refractivity (Wildman–Crippen MR) is 88.0 cm³/mol. The number of hydrogen-bond donors (Lipinski definition) is 1. The Morgan fingerprint density at radius 2 is 1.87 bits per heavy atom. The number of ether oxygens (including phenoxy) is 1. The summed E-state index contributed by atoms with van der Waals surface area (Å²) in [5, 5.41) is 4.10.